The van der Waals surface area contributed by atoms with E-state index < -0.39 is 11.0 Å². The zero-order chi connectivity index (χ0) is 21.4. The highest BCUT2D eigenvalue weighted by Crippen LogP contribution is 2.33. The van der Waals surface area contributed by atoms with Crippen molar-refractivity contribution in [2.75, 3.05) is 31.3 Å². The maximum atomic E-state index is 11.8. The number of aromatic nitrogens is 5. The molecule has 0 aromatic carbocycles. The number of ether oxygens (including phenoxy) is 1. The summed E-state index contributed by atoms with van der Waals surface area (Å²) in [6.07, 6.45) is 10.0. The first kappa shape index (κ1) is 20.4. The monoisotopic (exact) mass is 443 g/mol. The Bertz CT molecular complexity index is 1060. The summed E-state index contributed by atoms with van der Waals surface area (Å²) in [5, 5.41) is 15.2. The Labute approximate surface area is 184 Å². The van der Waals surface area contributed by atoms with Gasteiger partial charge in [-0.1, -0.05) is 13.3 Å². The minimum atomic E-state index is -0.924. The molecule has 9 nitrogen and oxygen atoms in total. The predicted octanol–water partition coefficient (Wildman–Crippen LogP) is 2.71. The highest BCUT2D eigenvalue weighted by molar-refractivity contribution is 7.81. The fraction of sp³-hybridized carbons (Fsp3) is 0.571. The number of aromatic amines is 1. The Morgan fingerprint density at radius 2 is 2.19 bits per heavy atom. The van der Waals surface area contributed by atoms with E-state index in [1.54, 1.807) is 17.0 Å². The van der Waals surface area contributed by atoms with Crippen LogP contribution in [0.25, 0.3) is 16.8 Å². The van der Waals surface area contributed by atoms with E-state index in [1.807, 2.05) is 22.6 Å². The van der Waals surface area contributed by atoms with Crippen LogP contribution in [0.5, 0.6) is 5.88 Å². The highest BCUT2D eigenvalue weighted by atomic mass is 32.2. The molecule has 3 atom stereocenters. The number of anilines is 1. The molecule has 0 bridgehead atoms. The molecule has 2 aliphatic rings. The summed E-state index contributed by atoms with van der Waals surface area (Å²) < 4.78 is 21.9. The largest absolute Gasteiger partial charge is 0.477 e. The van der Waals surface area contributed by atoms with E-state index in [-0.39, 0.29) is 6.04 Å². The van der Waals surface area contributed by atoms with E-state index in [1.165, 1.54) is 19.3 Å². The van der Waals surface area contributed by atoms with Crippen LogP contribution in [0.2, 0.25) is 0 Å². The molecule has 0 amide bonds. The molecule has 0 spiro atoms. The minimum absolute atomic E-state index is 0.241. The molecule has 2 fully saturated rings. The van der Waals surface area contributed by atoms with Crippen LogP contribution in [-0.4, -0.2) is 65.3 Å². The van der Waals surface area contributed by atoms with Crippen molar-refractivity contribution < 1.29 is 8.95 Å². The number of hydrogen-bond acceptors (Lipinski definition) is 6. The second kappa shape index (κ2) is 8.58. The van der Waals surface area contributed by atoms with Crippen molar-refractivity contribution in [2.24, 2.45) is 11.8 Å². The number of nitrogens with zero attached hydrogens (tertiary/aromatic N) is 5. The molecule has 3 aromatic rings. The predicted molar refractivity (Wildman–Crippen MR) is 120 cm³/mol. The normalized spacial score (nSPS) is 23.5. The lowest BCUT2D eigenvalue weighted by Gasteiger charge is -2.35. The number of rotatable bonds is 7. The van der Waals surface area contributed by atoms with Crippen LogP contribution in [0.15, 0.2) is 24.5 Å². The van der Waals surface area contributed by atoms with E-state index in [4.69, 9.17) is 14.8 Å². The van der Waals surface area contributed by atoms with Crippen LogP contribution < -0.4 is 10.1 Å². The van der Waals surface area contributed by atoms with Crippen LogP contribution in [0.1, 0.15) is 32.6 Å². The fourth-order valence-electron chi connectivity index (χ4n) is 4.32. The summed E-state index contributed by atoms with van der Waals surface area (Å²) >= 11 is 0. The van der Waals surface area contributed by atoms with Crippen molar-refractivity contribution in [3.63, 3.8) is 0 Å². The maximum Gasteiger partial charge on any atom is 0.243 e. The molecule has 1 aliphatic heterocycles. The van der Waals surface area contributed by atoms with Crippen molar-refractivity contribution in [3.05, 3.63) is 24.5 Å². The first-order chi connectivity index (χ1) is 15.1. The molecule has 5 rings (SSSR count). The van der Waals surface area contributed by atoms with E-state index in [0.717, 1.165) is 36.3 Å². The van der Waals surface area contributed by atoms with Crippen molar-refractivity contribution in [2.45, 2.75) is 38.6 Å². The summed E-state index contributed by atoms with van der Waals surface area (Å²) in [5.41, 5.74) is 2.66. The molecule has 3 unspecified atom stereocenters. The lowest BCUT2D eigenvalue weighted by Crippen LogP contribution is -2.45. The minimum Gasteiger partial charge on any atom is -0.477 e. The van der Waals surface area contributed by atoms with Crippen molar-refractivity contribution in [1.82, 2.24) is 29.1 Å². The average Bonchev–Trinajstić information content (AvgIpc) is 3.38. The zero-order valence-electron chi connectivity index (χ0n) is 18.0. The van der Waals surface area contributed by atoms with Gasteiger partial charge < -0.3 is 10.1 Å². The molecule has 1 saturated carbocycles. The van der Waals surface area contributed by atoms with Gasteiger partial charge in [0.05, 0.1) is 23.8 Å². The Hall–Kier alpha value is -2.46. The van der Waals surface area contributed by atoms with Crippen LogP contribution in [-0.2, 0) is 11.0 Å². The molecule has 4 heterocycles. The topological polar surface area (TPSA) is 100 Å². The molecule has 1 aliphatic carbocycles. The standard InChI is InChI=1S/C21H29N7O2S/c1-14-12-27(31(2)29)9-8-18(14)24-21-25-19-7-6-17(16-10-22-23-11-16)20(28(19)26-21)30-13-15-4-3-5-15/h6-7,10-11,14-15,18H,3-5,8-9,12-13H2,1-2H3,(H,22,23)(H,24,26). The van der Waals surface area contributed by atoms with E-state index in [9.17, 15) is 4.21 Å². The first-order valence-electron chi connectivity index (χ1n) is 10.9. The van der Waals surface area contributed by atoms with Crippen LogP contribution in [0, 0.1) is 11.8 Å². The molecule has 1 saturated heterocycles. The van der Waals surface area contributed by atoms with Gasteiger partial charge in [0.15, 0.2) is 5.65 Å². The van der Waals surface area contributed by atoms with Gasteiger partial charge in [0, 0.05) is 42.7 Å². The second-order valence-electron chi connectivity index (χ2n) is 8.68. The Morgan fingerprint density at radius 3 is 2.87 bits per heavy atom. The molecule has 0 radical (unpaired) electrons. The van der Waals surface area contributed by atoms with E-state index in [0.29, 0.717) is 30.3 Å². The number of fused-ring (bicyclic) bond motifs is 1. The molecule has 31 heavy (non-hydrogen) atoms. The van der Waals surface area contributed by atoms with E-state index in [2.05, 4.69) is 22.4 Å². The third-order valence-corrected chi connectivity index (χ3v) is 7.55. The van der Waals surface area contributed by atoms with Gasteiger partial charge >= 0.3 is 0 Å². The van der Waals surface area contributed by atoms with Gasteiger partial charge in [-0.2, -0.15) is 14.6 Å². The lowest BCUT2D eigenvalue weighted by molar-refractivity contribution is 0.173. The summed E-state index contributed by atoms with van der Waals surface area (Å²) in [4.78, 5) is 4.70. The van der Waals surface area contributed by atoms with Crippen molar-refractivity contribution >= 4 is 22.6 Å². The lowest BCUT2D eigenvalue weighted by atomic mass is 9.86. The Morgan fingerprint density at radius 1 is 1.32 bits per heavy atom. The van der Waals surface area contributed by atoms with Crippen LogP contribution in [0.4, 0.5) is 5.95 Å². The van der Waals surface area contributed by atoms with Gasteiger partial charge in [-0.15, -0.1) is 5.10 Å². The van der Waals surface area contributed by atoms with E-state index >= 15 is 0 Å². The Kier molecular flexibility index (Phi) is 5.66. The van der Waals surface area contributed by atoms with Gasteiger partial charge in [-0.05, 0) is 43.2 Å². The fourth-order valence-corrected chi connectivity index (χ4v) is 5.13. The number of piperidine rings is 1. The maximum absolute atomic E-state index is 11.8. The molecule has 166 valence electrons. The first-order valence-corrected chi connectivity index (χ1v) is 12.5. The summed E-state index contributed by atoms with van der Waals surface area (Å²) in [7, 11) is -0.924. The molecule has 3 aromatic heterocycles. The Balaban J connectivity index is 1.41. The second-order valence-corrected chi connectivity index (χ2v) is 10.0. The third kappa shape index (κ3) is 4.18. The zero-order valence-corrected chi connectivity index (χ0v) is 18.8. The van der Waals surface area contributed by atoms with Gasteiger partial charge in [-0.25, -0.2) is 8.51 Å². The summed E-state index contributed by atoms with van der Waals surface area (Å²) in [5.74, 6) is 2.26. The van der Waals surface area contributed by atoms with Gasteiger partial charge in [-0.3, -0.25) is 5.10 Å². The van der Waals surface area contributed by atoms with Gasteiger partial charge in [0.1, 0.15) is 0 Å². The average molecular weight is 444 g/mol. The molecule has 2 N–H and O–H groups in total. The molecular formula is C21H29N7O2S. The molecular weight excluding hydrogens is 414 g/mol. The molecule has 10 heteroatoms. The highest BCUT2D eigenvalue weighted by Gasteiger charge is 2.29. The van der Waals surface area contributed by atoms with Crippen LogP contribution >= 0.6 is 0 Å². The number of pyridine rings is 1. The van der Waals surface area contributed by atoms with Gasteiger partial charge in [0.2, 0.25) is 11.8 Å². The number of hydrogen-bond donors (Lipinski definition) is 2. The quantitative estimate of drug-likeness (QED) is 0.582. The SMILES string of the molecule is CC1CN(S(C)=O)CCC1Nc1nc2ccc(-c3cn[nH]c3)c(OCC3CCC3)n2n1. The van der Waals surface area contributed by atoms with Crippen molar-refractivity contribution in [1.29, 1.82) is 0 Å². The van der Waals surface area contributed by atoms with Crippen molar-refractivity contribution in [3.8, 4) is 17.0 Å². The van der Waals surface area contributed by atoms with Gasteiger partial charge in [0.25, 0.3) is 0 Å². The smallest absolute Gasteiger partial charge is 0.243 e. The number of H-pyrrole nitrogens is 1. The van der Waals surface area contributed by atoms with Crippen LogP contribution in [0.3, 0.4) is 0 Å². The summed E-state index contributed by atoms with van der Waals surface area (Å²) in [6, 6.07) is 4.22. The number of nitrogens with one attached hydrogen (secondary N) is 2. The third-order valence-electron chi connectivity index (χ3n) is 6.49. The summed E-state index contributed by atoms with van der Waals surface area (Å²) in [6.45, 7) is 4.47.